The zero-order chi connectivity index (χ0) is 8.91. The Hall–Kier alpha value is -0.810. The van der Waals surface area contributed by atoms with Gasteiger partial charge in [-0.2, -0.15) is 13.2 Å². The Kier molecular flexibility index (Phi) is 3.84. The lowest BCUT2D eigenvalue weighted by Crippen LogP contribution is -2.33. The SMILES string of the molecule is O=C(CCF)NCC(F)(F)F. The summed E-state index contributed by atoms with van der Waals surface area (Å²) in [6.45, 7) is -2.34. The summed E-state index contributed by atoms with van der Waals surface area (Å²) in [7, 11) is 0. The molecule has 1 N–H and O–H groups in total. The van der Waals surface area contributed by atoms with Crippen molar-refractivity contribution in [1.82, 2.24) is 5.32 Å². The normalized spacial score (nSPS) is 11.3. The summed E-state index contributed by atoms with van der Waals surface area (Å²) in [6, 6.07) is 0. The maximum atomic E-state index is 11.3. The summed E-state index contributed by atoms with van der Waals surface area (Å²) < 4.78 is 45.4. The van der Waals surface area contributed by atoms with Crippen LogP contribution in [0.25, 0.3) is 0 Å². The van der Waals surface area contributed by atoms with E-state index < -0.39 is 31.7 Å². The summed E-state index contributed by atoms with van der Waals surface area (Å²) in [4.78, 5) is 10.2. The van der Waals surface area contributed by atoms with Crippen LogP contribution in [0.2, 0.25) is 0 Å². The summed E-state index contributed by atoms with van der Waals surface area (Å²) in [6.07, 6.45) is -4.94. The Morgan fingerprint density at radius 1 is 1.36 bits per heavy atom. The summed E-state index contributed by atoms with van der Waals surface area (Å²) in [5.41, 5.74) is 0. The van der Waals surface area contributed by atoms with Crippen LogP contribution in [0.1, 0.15) is 6.42 Å². The van der Waals surface area contributed by atoms with Crippen LogP contribution in [-0.2, 0) is 4.79 Å². The molecule has 6 heteroatoms. The Bertz CT molecular complexity index is 133. The quantitative estimate of drug-likeness (QED) is 0.634. The minimum absolute atomic E-state index is 0.518. The van der Waals surface area contributed by atoms with Crippen LogP contribution in [-0.4, -0.2) is 25.3 Å². The highest BCUT2D eigenvalue weighted by Gasteiger charge is 2.27. The van der Waals surface area contributed by atoms with Gasteiger partial charge in [-0.1, -0.05) is 0 Å². The number of alkyl halides is 4. The van der Waals surface area contributed by atoms with E-state index in [0.717, 1.165) is 0 Å². The van der Waals surface area contributed by atoms with E-state index >= 15 is 0 Å². The molecule has 0 rings (SSSR count). The second kappa shape index (κ2) is 4.15. The second-order valence-corrected chi connectivity index (χ2v) is 1.83. The Morgan fingerprint density at radius 2 is 1.91 bits per heavy atom. The minimum atomic E-state index is -4.42. The molecular formula is C5H7F4NO. The predicted octanol–water partition coefficient (Wildman–Crippen LogP) is 1.02. The van der Waals surface area contributed by atoms with Gasteiger partial charge in [-0.15, -0.1) is 0 Å². The van der Waals surface area contributed by atoms with Crippen molar-refractivity contribution in [1.29, 1.82) is 0 Å². The van der Waals surface area contributed by atoms with Gasteiger partial charge in [0.1, 0.15) is 6.54 Å². The Morgan fingerprint density at radius 3 is 2.27 bits per heavy atom. The third kappa shape index (κ3) is 7.08. The third-order valence-electron chi connectivity index (χ3n) is 0.808. The van der Waals surface area contributed by atoms with Crippen molar-refractivity contribution in [2.45, 2.75) is 12.6 Å². The lowest BCUT2D eigenvalue weighted by molar-refractivity contribution is -0.138. The zero-order valence-corrected chi connectivity index (χ0v) is 5.54. The predicted molar refractivity (Wildman–Crippen MR) is 29.7 cm³/mol. The van der Waals surface area contributed by atoms with Gasteiger partial charge in [0.15, 0.2) is 0 Å². The maximum Gasteiger partial charge on any atom is 0.405 e. The Balaban J connectivity index is 3.46. The molecule has 0 aromatic heterocycles. The van der Waals surface area contributed by atoms with E-state index in [1.54, 1.807) is 0 Å². The van der Waals surface area contributed by atoms with Crippen molar-refractivity contribution < 1.29 is 22.4 Å². The highest BCUT2D eigenvalue weighted by Crippen LogP contribution is 2.11. The average molecular weight is 173 g/mol. The second-order valence-electron chi connectivity index (χ2n) is 1.83. The highest BCUT2D eigenvalue weighted by atomic mass is 19.4. The number of nitrogens with one attached hydrogen (secondary N) is 1. The fourth-order valence-electron chi connectivity index (χ4n) is 0.373. The molecule has 0 saturated heterocycles. The lowest BCUT2D eigenvalue weighted by atomic mass is 10.4. The van der Waals surface area contributed by atoms with Gasteiger partial charge in [0, 0.05) is 0 Å². The molecule has 0 fully saturated rings. The number of rotatable bonds is 3. The lowest BCUT2D eigenvalue weighted by Gasteiger charge is -2.06. The molecule has 0 unspecified atom stereocenters. The van der Waals surface area contributed by atoms with Gasteiger partial charge in [0.2, 0.25) is 5.91 Å². The molecule has 0 saturated carbocycles. The van der Waals surface area contributed by atoms with Crippen molar-refractivity contribution in [2.24, 2.45) is 0 Å². The summed E-state index contributed by atoms with van der Waals surface area (Å²) >= 11 is 0. The van der Waals surface area contributed by atoms with E-state index in [0.29, 0.717) is 0 Å². The van der Waals surface area contributed by atoms with Gasteiger partial charge >= 0.3 is 6.18 Å². The Labute approximate surface area is 60.6 Å². The topological polar surface area (TPSA) is 29.1 Å². The van der Waals surface area contributed by atoms with Crippen molar-refractivity contribution in [2.75, 3.05) is 13.2 Å². The van der Waals surface area contributed by atoms with Gasteiger partial charge in [-0.25, -0.2) is 0 Å². The van der Waals surface area contributed by atoms with Crippen LogP contribution in [0.4, 0.5) is 17.6 Å². The number of carbonyl (C=O) groups excluding carboxylic acids is 1. The first-order valence-electron chi connectivity index (χ1n) is 2.85. The number of carbonyl (C=O) groups is 1. The minimum Gasteiger partial charge on any atom is -0.347 e. The van der Waals surface area contributed by atoms with E-state index in [-0.39, 0.29) is 0 Å². The third-order valence-corrected chi connectivity index (χ3v) is 0.808. The molecule has 0 aromatic rings. The van der Waals surface area contributed by atoms with Crippen molar-refractivity contribution in [3.8, 4) is 0 Å². The van der Waals surface area contributed by atoms with Crippen LogP contribution in [0.3, 0.4) is 0 Å². The monoisotopic (exact) mass is 173 g/mol. The number of hydrogen-bond donors (Lipinski definition) is 1. The molecule has 0 aliphatic carbocycles. The summed E-state index contributed by atoms with van der Waals surface area (Å²) in [5.74, 6) is -0.926. The van der Waals surface area contributed by atoms with Gasteiger partial charge in [0.05, 0.1) is 13.1 Å². The molecule has 0 aromatic carbocycles. The average Bonchev–Trinajstić information content (AvgIpc) is 1.83. The molecule has 0 heterocycles. The van der Waals surface area contributed by atoms with Crippen LogP contribution in [0.15, 0.2) is 0 Å². The van der Waals surface area contributed by atoms with Gasteiger partial charge in [-0.05, 0) is 0 Å². The molecule has 0 atom stereocenters. The first-order chi connectivity index (χ1) is 4.95. The van der Waals surface area contributed by atoms with Crippen LogP contribution >= 0.6 is 0 Å². The van der Waals surface area contributed by atoms with Crippen molar-refractivity contribution in [3.05, 3.63) is 0 Å². The van der Waals surface area contributed by atoms with Gasteiger partial charge in [0.25, 0.3) is 0 Å². The maximum absolute atomic E-state index is 11.3. The molecule has 11 heavy (non-hydrogen) atoms. The molecule has 0 spiro atoms. The smallest absolute Gasteiger partial charge is 0.347 e. The first-order valence-corrected chi connectivity index (χ1v) is 2.85. The van der Waals surface area contributed by atoms with Crippen LogP contribution < -0.4 is 5.32 Å². The van der Waals surface area contributed by atoms with Gasteiger partial charge in [-0.3, -0.25) is 9.18 Å². The molecule has 66 valence electrons. The molecule has 0 aliphatic rings. The van der Waals surface area contributed by atoms with E-state index in [2.05, 4.69) is 0 Å². The number of halogens is 4. The van der Waals surface area contributed by atoms with E-state index in [9.17, 15) is 22.4 Å². The van der Waals surface area contributed by atoms with Crippen LogP contribution in [0, 0.1) is 0 Å². The van der Waals surface area contributed by atoms with Crippen LogP contribution in [0.5, 0.6) is 0 Å². The van der Waals surface area contributed by atoms with Gasteiger partial charge < -0.3 is 5.32 Å². The molecule has 0 radical (unpaired) electrons. The molecular weight excluding hydrogens is 166 g/mol. The molecule has 2 nitrogen and oxygen atoms in total. The van der Waals surface area contributed by atoms with E-state index in [1.165, 1.54) is 5.32 Å². The van der Waals surface area contributed by atoms with Crippen molar-refractivity contribution >= 4 is 5.91 Å². The fourth-order valence-corrected chi connectivity index (χ4v) is 0.373. The summed E-state index contributed by atoms with van der Waals surface area (Å²) in [5, 5.41) is 1.52. The van der Waals surface area contributed by atoms with Crippen molar-refractivity contribution in [3.63, 3.8) is 0 Å². The number of amides is 1. The standard InChI is InChI=1S/C5H7F4NO/c6-2-1-4(11)10-3-5(7,8)9/h1-3H2,(H,10,11). The van der Waals surface area contributed by atoms with E-state index in [1.807, 2.05) is 0 Å². The van der Waals surface area contributed by atoms with E-state index in [4.69, 9.17) is 0 Å². The molecule has 0 aliphatic heterocycles. The molecule has 0 bridgehead atoms. The highest BCUT2D eigenvalue weighted by molar-refractivity contribution is 5.75. The largest absolute Gasteiger partial charge is 0.405 e. The molecule has 1 amide bonds. The first kappa shape index (κ1) is 10.2. The fraction of sp³-hybridized carbons (Fsp3) is 0.800. The number of hydrogen-bond acceptors (Lipinski definition) is 1. The zero-order valence-electron chi connectivity index (χ0n) is 5.54.